The van der Waals surface area contributed by atoms with Crippen LogP contribution in [0.4, 0.5) is 0 Å². The summed E-state index contributed by atoms with van der Waals surface area (Å²) in [6.07, 6.45) is 33.9. The molecule has 2 nitrogen and oxygen atoms in total. The zero-order chi connectivity index (χ0) is 26.7. The number of hydrogen-bond acceptors (Lipinski definition) is 1. The molecule has 1 atom stereocenters. The van der Waals surface area contributed by atoms with Gasteiger partial charge >= 0.3 is 5.97 Å². The Balaban J connectivity index is 4.15. The predicted octanol–water partition coefficient (Wildman–Crippen LogP) is 12.3. The van der Waals surface area contributed by atoms with Crippen molar-refractivity contribution in [3.8, 4) is 0 Å². The van der Waals surface area contributed by atoms with Crippen LogP contribution in [0.2, 0.25) is 0 Å². The van der Waals surface area contributed by atoms with Gasteiger partial charge in [-0.15, -0.1) is 0 Å². The molecular formula is C34H68O2. The molecule has 1 unspecified atom stereocenters. The van der Waals surface area contributed by atoms with E-state index in [-0.39, 0.29) is 0 Å². The number of carboxylic acid groups (broad SMARTS) is 1. The minimum atomic E-state index is -0.504. The lowest BCUT2D eigenvalue weighted by molar-refractivity contribution is -0.150. The van der Waals surface area contributed by atoms with Gasteiger partial charge < -0.3 is 5.11 Å². The fraction of sp³-hybridized carbons (Fsp3) is 0.971. The Labute approximate surface area is 228 Å². The predicted molar refractivity (Wildman–Crippen MR) is 161 cm³/mol. The van der Waals surface area contributed by atoms with Crippen molar-refractivity contribution in [3.63, 3.8) is 0 Å². The molecule has 0 aliphatic heterocycles. The second kappa shape index (κ2) is 26.1. The second-order valence-corrected chi connectivity index (χ2v) is 12.4. The standard InChI is InChI=1S/C34H68O2/c1-5-7-9-11-12-19-22-26-30-34(33(35)36,29-25-10-8-6-2)31-27-23-20-17-15-13-14-16-18-21-24-28-32(3)4/h32H,5-31H2,1-4H3,(H,35,36). The van der Waals surface area contributed by atoms with E-state index >= 15 is 0 Å². The van der Waals surface area contributed by atoms with Crippen molar-refractivity contribution >= 4 is 5.97 Å². The smallest absolute Gasteiger partial charge is 0.309 e. The van der Waals surface area contributed by atoms with Crippen LogP contribution >= 0.6 is 0 Å². The van der Waals surface area contributed by atoms with E-state index in [4.69, 9.17) is 0 Å². The topological polar surface area (TPSA) is 37.3 Å². The van der Waals surface area contributed by atoms with E-state index in [1.165, 1.54) is 135 Å². The van der Waals surface area contributed by atoms with Gasteiger partial charge in [0.1, 0.15) is 0 Å². The van der Waals surface area contributed by atoms with Crippen LogP contribution < -0.4 is 0 Å². The lowest BCUT2D eigenvalue weighted by Crippen LogP contribution is -2.31. The van der Waals surface area contributed by atoms with Crippen LogP contribution in [0.3, 0.4) is 0 Å². The third kappa shape index (κ3) is 21.5. The highest BCUT2D eigenvalue weighted by molar-refractivity contribution is 5.74. The first kappa shape index (κ1) is 35.5. The Kier molecular flexibility index (Phi) is 25.7. The molecule has 216 valence electrons. The summed E-state index contributed by atoms with van der Waals surface area (Å²) in [4.78, 5) is 12.5. The summed E-state index contributed by atoms with van der Waals surface area (Å²) in [6, 6.07) is 0. The first-order valence-corrected chi connectivity index (χ1v) is 16.7. The quantitative estimate of drug-likeness (QED) is 0.102. The molecule has 0 aromatic heterocycles. The van der Waals surface area contributed by atoms with E-state index in [9.17, 15) is 9.90 Å². The van der Waals surface area contributed by atoms with E-state index < -0.39 is 11.4 Å². The SMILES string of the molecule is CCCCCCCCCCC(CCCCCC)(CCCCCCCCCCCCCC(C)C)C(=O)O. The maximum Gasteiger partial charge on any atom is 0.309 e. The monoisotopic (exact) mass is 509 g/mol. The van der Waals surface area contributed by atoms with Gasteiger partial charge in [-0.2, -0.15) is 0 Å². The zero-order valence-electron chi connectivity index (χ0n) is 25.5. The van der Waals surface area contributed by atoms with Gasteiger partial charge in [-0.3, -0.25) is 4.79 Å². The third-order valence-corrected chi connectivity index (χ3v) is 8.41. The maximum absolute atomic E-state index is 12.5. The molecule has 0 amide bonds. The Morgan fingerprint density at radius 2 is 0.778 bits per heavy atom. The minimum Gasteiger partial charge on any atom is -0.481 e. The van der Waals surface area contributed by atoms with Crippen molar-refractivity contribution in [2.75, 3.05) is 0 Å². The van der Waals surface area contributed by atoms with E-state index in [2.05, 4.69) is 27.7 Å². The number of aliphatic carboxylic acids is 1. The average Bonchev–Trinajstić information content (AvgIpc) is 2.85. The van der Waals surface area contributed by atoms with Gasteiger partial charge in [0.2, 0.25) is 0 Å². The highest BCUT2D eigenvalue weighted by atomic mass is 16.4. The highest BCUT2D eigenvalue weighted by Crippen LogP contribution is 2.38. The minimum absolute atomic E-state index is 0.453. The van der Waals surface area contributed by atoms with Crippen LogP contribution in [0.5, 0.6) is 0 Å². The molecule has 0 heterocycles. The van der Waals surface area contributed by atoms with E-state index in [1.807, 2.05) is 0 Å². The number of unbranched alkanes of at least 4 members (excludes halogenated alkanes) is 20. The fourth-order valence-electron chi connectivity index (χ4n) is 5.79. The molecule has 0 aromatic rings. The largest absolute Gasteiger partial charge is 0.481 e. The Morgan fingerprint density at radius 1 is 0.500 bits per heavy atom. The Bertz CT molecular complexity index is 458. The van der Waals surface area contributed by atoms with Crippen molar-refractivity contribution in [3.05, 3.63) is 0 Å². The van der Waals surface area contributed by atoms with Gasteiger partial charge in [-0.1, -0.05) is 182 Å². The summed E-state index contributed by atoms with van der Waals surface area (Å²) < 4.78 is 0. The molecule has 0 bridgehead atoms. The number of rotatable bonds is 29. The second-order valence-electron chi connectivity index (χ2n) is 12.4. The van der Waals surface area contributed by atoms with E-state index in [1.54, 1.807) is 0 Å². The van der Waals surface area contributed by atoms with Crippen LogP contribution in [0.15, 0.2) is 0 Å². The van der Waals surface area contributed by atoms with Crippen LogP contribution in [-0.2, 0) is 4.79 Å². The normalized spacial score (nSPS) is 13.4. The molecule has 0 saturated heterocycles. The first-order valence-electron chi connectivity index (χ1n) is 16.7. The summed E-state index contributed by atoms with van der Waals surface area (Å²) in [7, 11) is 0. The van der Waals surface area contributed by atoms with Crippen molar-refractivity contribution in [2.45, 2.75) is 201 Å². The van der Waals surface area contributed by atoms with Crippen molar-refractivity contribution in [1.82, 2.24) is 0 Å². The lowest BCUT2D eigenvalue weighted by atomic mass is 9.74. The van der Waals surface area contributed by atoms with Gasteiger partial charge in [0.05, 0.1) is 5.41 Å². The summed E-state index contributed by atoms with van der Waals surface area (Å²) in [5, 5.41) is 10.3. The molecule has 0 aliphatic rings. The molecule has 0 saturated carbocycles. The van der Waals surface area contributed by atoms with Crippen LogP contribution in [0.1, 0.15) is 201 Å². The number of carboxylic acids is 1. The summed E-state index contributed by atoms with van der Waals surface area (Å²) in [6.45, 7) is 9.15. The summed E-state index contributed by atoms with van der Waals surface area (Å²) >= 11 is 0. The van der Waals surface area contributed by atoms with Gasteiger partial charge in [-0.25, -0.2) is 0 Å². The first-order chi connectivity index (χ1) is 17.5. The zero-order valence-corrected chi connectivity index (χ0v) is 25.5. The third-order valence-electron chi connectivity index (χ3n) is 8.41. The lowest BCUT2D eigenvalue weighted by Gasteiger charge is -2.30. The van der Waals surface area contributed by atoms with Crippen LogP contribution in [0, 0.1) is 11.3 Å². The average molecular weight is 509 g/mol. The molecular weight excluding hydrogens is 440 g/mol. The molecule has 0 aliphatic carbocycles. The van der Waals surface area contributed by atoms with Crippen molar-refractivity contribution in [1.29, 1.82) is 0 Å². The van der Waals surface area contributed by atoms with Crippen LogP contribution in [0.25, 0.3) is 0 Å². The van der Waals surface area contributed by atoms with Gasteiger partial charge in [0, 0.05) is 0 Å². The number of carbonyl (C=O) groups is 1. The molecule has 2 heteroatoms. The van der Waals surface area contributed by atoms with Gasteiger partial charge in [0.25, 0.3) is 0 Å². The summed E-state index contributed by atoms with van der Waals surface area (Å²) in [5.41, 5.74) is -0.453. The van der Waals surface area contributed by atoms with Gasteiger partial charge in [-0.05, 0) is 25.2 Å². The van der Waals surface area contributed by atoms with Gasteiger partial charge in [0.15, 0.2) is 0 Å². The molecule has 0 fully saturated rings. The fourth-order valence-corrected chi connectivity index (χ4v) is 5.79. The molecule has 0 aromatic carbocycles. The Hall–Kier alpha value is -0.530. The Morgan fingerprint density at radius 3 is 1.08 bits per heavy atom. The molecule has 0 radical (unpaired) electrons. The molecule has 1 N–H and O–H groups in total. The number of hydrogen-bond donors (Lipinski definition) is 1. The maximum atomic E-state index is 12.5. The van der Waals surface area contributed by atoms with Crippen LogP contribution in [-0.4, -0.2) is 11.1 Å². The summed E-state index contributed by atoms with van der Waals surface area (Å²) in [5.74, 6) is 0.354. The van der Waals surface area contributed by atoms with Crippen molar-refractivity contribution in [2.24, 2.45) is 11.3 Å². The molecule has 0 rings (SSSR count). The van der Waals surface area contributed by atoms with E-state index in [0.29, 0.717) is 0 Å². The van der Waals surface area contributed by atoms with E-state index in [0.717, 1.165) is 44.4 Å². The molecule has 0 spiro atoms. The highest BCUT2D eigenvalue weighted by Gasteiger charge is 2.36. The molecule has 36 heavy (non-hydrogen) atoms. The van der Waals surface area contributed by atoms with Crippen molar-refractivity contribution < 1.29 is 9.90 Å².